The maximum Gasteiger partial charge on any atom is 0.242 e. The summed E-state index contributed by atoms with van der Waals surface area (Å²) in [7, 11) is 1.69. The lowest BCUT2D eigenvalue weighted by atomic mass is 10.2. The van der Waals surface area contributed by atoms with Crippen molar-refractivity contribution in [1.29, 1.82) is 0 Å². The Balaban J connectivity index is 1.58. The first kappa shape index (κ1) is 17.2. The summed E-state index contributed by atoms with van der Waals surface area (Å²) in [5.74, 6) is -0.224. The third-order valence-electron chi connectivity index (χ3n) is 3.82. The van der Waals surface area contributed by atoms with Crippen molar-refractivity contribution in [3.05, 3.63) is 66.2 Å². The van der Waals surface area contributed by atoms with Gasteiger partial charge < -0.3 is 5.32 Å². The van der Waals surface area contributed by atoms with Gasteiger partial charge in [0.15, 0.2) is 5.17 Å². The molecule has 0 bridgehead atoms. The van der Waals surface area contributed by atoms with E-state index in [0.717, 1.165) is 11.3 Å². The average Bonchev–Trinajstić information content (AvgIpc) is 2.90. The van der Waals surface area contributed by atoms with Crippen LogP contribution in [0.5, 0.6) is 0 Å². The molecule has 0 spiro atoms. The van der Waals surface area contributed by atoms with Crippen LogP contribution in [-0.2, 0) is 16.1 Å². The van der Waals surface area contributed by atoms with Gasteiger partial charge >= 0.3 is 0 Å². The smallest absolute Gasteiger partial charge is 0.242 e. The molecule has 2 aromatic rings. The number of rotatable bonds is 5. The number of carbonyl (C=O) groups is 2. The van der Waals surface area contributed by atoms with E-state index in [4.69, 9.17) is 0 Å². The van der Waals surface area contributed by atoms with Gasteiger partial charge in [0.25, 0.3) is 0 Å². The Labute approximate surface area is 151 Å². The number of aliphatic imine (C=N–C) groups is 1. The topological polar surface area (TPSA) is 61.8 Å². The molecule has 1 heterocycles. The van der Waals surface area contributed by atoms with Crippen molar-refractivity contribution >= 4 is 34.4 Å². The second-order valence-corrected chi connectivity index (χ2v) is 6.87. The van der Waals surface area contributed by atoms with Crippen LogP contribution < -0.4 is 5.32 Å². The molecule has 1 N–H and O–H groups in total. The number of thioether (sulfide) groups is 1. The predicted molar refractivity (Wildman–Crippen MR) is 101 cm³/mol. The molecule has 1 unspecified atom stereocenters. The molecule has 3 rings (SSSR count). The molecule has 5 nitrogen and oxygen atoms in total. The lowest BCUT2D eigenvalue weighted by Gasteiger charge is -2.09. The van der Waals surface area contributed by atoms with Gasteiger partial charge in [-0.1, -0.05) is 60.3 Å². The van der Waals surface area contributed by atoms with Crippen molar-refractivity contribution in [1.82, 2.24) is 10.2 Å². The van der Waals surface area contributed by atoms with E-state index in [9.17, 15) is 9.59 Å². The summed E-state index contributed by atoms with van der Waals surface area (Å²) >= 11 is 1.34. The SMILES string of the molecule is CN1C(=O)C(CC(=O)NCc2ccccc2)SC1=Nc1ccccc1. The molecule has 0 saturated carbocycles. The molecule has 2 aromatic carbocycles. The number of carbonyl (C=O) groups excluding carboxylic acids is 2. The van der Waals surface area contributed by atoms with E-state index in [1.165, 1.54) is 16.7 Å². The van der Waals surface area contributed by atoms with Crippen molar-refractivity contribution in [2.75, 3.05) is 7.05 Å². The van der Waals surface area contributed by atoms with E-state index in [2.05, 4.69) is 10.3 Å². The van der Waals surface area contributed by atoms with Gasteiger partial charge in [-0.2, -0.15) is 0 Å². The lowest BCUT2D eigenvalue weighted by Crippen LogP contribution is -2.32. The highest BCUT2D eigenvalue weighted by Gasteiger charge is 2.36. The molecule has 6 heteroatoms. The zero-order valence-corrected chi connectivity index (χ0v) is 14.7. The minimum absolute atomic E-state index is 0.0884. The summed E-state index contributed by atoms with van der Waals surface area (Å²) in [5.41, 5.74) is 1.82. The first-order valence-electron chi connectivity index (χ1n) is 8.02. The fraction of sp³-hybridized carbons (Fsp3) is 0.211. The van der Waals surface area contributed by atoms with Crippen molar-refractivity contribution in [2.24, 2.45) is 4.99 Å². The van der Waals surface area contributed by atoms with Crippen LogP contribution in [0.1, 0.15) is 12.0 Å². The molecular weight excluding hydrogens is 334 g/mol. The fourth-order valence-electron chi connectivity index (χ4n) is 2.45. The van der Waals surface area contributed by atoms with Crippen LogP contribution in [0.25, 0.3) is 0 Å². The van der Waals surface area contributed by atoms with Crippen molar-refractivity contribution in [2.45, 2.75) is 18.2 Å². The zero-order chi connectivity index (χ0) is 17.6. The number of hydrogen-bond donors (Lipinski definition) is 1. The van der Waals surface area contributed by atoms with Crippen LogP contribution in [0, 0.1) is 0 Å². The third-order valence-corrected chi connectivity index (χ3v) is 5.05. The number of amidine groups is 1. The second-order valence-electron chi connectivity index (χ2n) is 5.70. The normalized spacial score (nSPS) is 18.6. The molecule has 1 atom stereocenters. The molecule has 1 fully saturated rings. The standard InChI is InChI=1S/C19H19N3O2S/c1-22-18(24)16(25-19(22)21-15-10-6-3-7-11-15)12-17(23)20-13-14-8-4-2-5-9-14/h2-11,16H,12-13H2,1H3,(H,20,23). The maximum absolute atomic E-state index is 12.4. The van der Waals surface area contributed by atoms with Crippen LogP contribution in [-0.4, -0.2) is 34.2 Å². The van der Waals surface area contributed by atoms with Crippen LogP contribution in [0.3, 0.4) is 0 Å². The number of amides is 2. The predicted octanol–water partition coefficient (Wildman–Crippen LogP) is 2.95. The van der Waals surface area contributed by atoms with Gasteiger partial charge in [0, 0.05) is 20.0 Å². The van der Waals surface area contributed by atoms with E-state index < -0.39 is 5.25 Å². The molecule has 1 saturated heterocycles. The number of nitrogens with zero attached hydrogens (tertiary/aromatic N) is 2. The van der Waals surface area contributed by atoms with Gasteiger partial charge in [0.1, 0.15) is 5.25 Å². The minimum atomic E-state index is -0.428. The van der Waals surface area contributed by atoms with Gasteiger partial charge in [-0.3, -0.25) is 14.5 Å². The van der Waals surface area contributed by atoms with Crippen LogP contribution in [0.4, 0.5) is 5.69 Å². The summed E-state index contributed by atoms with van der Waals surface area (Å²) in [6, 6.07) is 19.2. The first-order valence-corrected chi connectivity index (χ1v) is 8.90. The van der Waals surface area contributed by atoms with Gasteiger partial charge in [-0.15, -0.1) is 0 Å². The highest BCUT2D eigenvalue weighted by molar-refractivity contribution is 8.15. The molecule has 0 aliphatic carbocycles. The molecule has 1 aliphatic heterocycles. The second kappa shape index (κ2) is 7.98. The van der Waals surface area contributed by atoms with Gasteiger partial charge in [0.05, 0.1) is 5.69 Å². The fourth-order valence-corrected chi connectivity index (χ4v) is 3.60. The van der Waals surface area contributed by atoms with E-state index in [1.807, 2.05) is 60.7 Å². The summed E-state index contributed by atoms with van der Waals surface area (Å²) < 4.78 is 0. The molecule has 2 amide bonds. The monoisotopic (exact) mass is 353 g/mol. The largest absolute Gasteiger partial charge is 0.352 e. The summed E-state index contributed by atoms with van der Waals surface area (Å²) in [4.78, 5) is 30.5. The van der Waals surface area contributed by atoms with E-state index in [1.54, 1.807) is 7.05 Å². The van der Waals surface area contributed by atoms with Gasteiger partial charge in [-0.25, -0.2) is 4.99 Å². The van der Waals surface area contributed by atoms with Crippen LogP contribution in [0.15, 0.2) is 65.7 Å². The number of nitrogens with one attached hydrogen (secondary N) is 1. The Morgan fingerprint density at radius 2 is 1.76 bits per heavy atom. The Hall–Kier alpha value is -2.60. The Morgan fingerprint density at radius 3 is 2.44 bits per heavy atom. The van der Waals surface area contributed by atoms with Crippen LogP contribution in [0.2, 0.25) is 0 Å². The maximum atomic E-state index is 12.4. The van der Waals surface area contributed by atoms with Crippen molar-refractivity contribution < 1.29 is 9.59 Å². The van der Waals surface area contributed by atoms with Crippen molar-refractivity contribution in [3.63, 3.8) is 0 Å². The van der Waals surface area contributed by atoms with Gasteiger partial charge in [0.2, 0.25) is 11.8 Å². The number of para-hydroxylation sites is 1. The van der Waals surface area contributed by atoms with Gasteiger partial charge in [-0.05, 0) is 17.7 Å². The zero-order valence-electron chi connectivity index (χ0n) is 13.9. The highest BCUT2D eigenvalue weighted by atomic mass is 32.2. The Morgan fingerprint density at radius 1 is 1.12 bits per heavy atom. The molecule has 128 valence electrons. The third kappa shape index (κ3) is 4.48. The van der Waals surface area contributed by atoms with E-state index in [0.29, 0.717) is 11.7 Å². The Bertz CT molecular complexity index is 778. The first-order chi connectivity index (χ1) is 12.1. The average molecular weight is 353 g/mol. The molecule has 25 heavy (non-hydrogen) atoms. The summed E-state index contributed by atoms with van der Waals surface area (Å²) in [6.45, 7) is 0.464. The molecule has 1 aliphatic rings. The quantitative estimate of drug-likeness (QED) is 0.899. The summed E-state index contributed by atoms with van der Waals surface area (Å²) in [6.07, 6.45) is 0.147. The van der Waals surface area contributed by atoms with Crippen LogP contribution >= 0.6 is 11.8 Å². The summed E-state index contributed by atoms with van der Waals surface area (Å²) in [5, 5.41) is 3.06. The molecule has 0 aromatic heterocycles. The number of benzene rings is 2. The molecular formula is C19H19N3O2S. The highest BCUT2D eigenvalue weighted by Crippen LogP contribution is 2.30. The van der Waals surface area contributed by atoms with E-state index >= 15 is 0 Å². The minimum Gasteiger partial charge on any atom is -0.352 e. The van der Waals surface area contributed by atoms with E-state index in [-0.39, 0.29) is 18.2 Å². The number of hydrogen-bond acceptors (Lipinski definition) is 4. The van der Waals surface area contributed by atoms with Crippen molar-refractivity contribution in [3.8, 4) is 0 Å². The lowest BCUT2D eigenvalue weighted by molar-refractivity contribution is -0.128. The molecule has 0 radical (unpaired) electrons. The Kier molecular flexibility index (Phi) is 5.50.